The maximum Gasteiger partial charge on any atom is 0.134 e. The zero-order valence-electron chi connectivity index (χ0n) is 15.2. The molecule has 0 saturated heterocycles. The number of halogens is 1. The van der Waals surface area contributed by atoms with Gasteiger partial charge >= 0.3 is 0 Å². The van der Waals surface area contributed by atoms with Gasteiger partial charge in [-0.05, 0) is 60.2 Å². The van der Waals surface area contributed by atoms with Crippen LogP contribution < -0.4 is 4.74 Å². The van der Waals surface area contributed by atoms with E-state index in [1.165, 1.54) is 11.3 Å². The number of aromatic nitrogens is 1. The van der Waals surface area contributed by atoms with Gasteiger partial charge in [0, 0.05) is 16.0 Å². The molecule has 140 valence electrons. The highest BCUT2D eigenvalue weighted by Crippen LogP contribution is 2.29. The van der Waals surface area contributed by atoms with E-state index < -0.39 is 0 Å². The van der Waals surface area contributed by atoms with Gasteiger partial charge in [-0.15, -0.1) is 11.3 Å². The minimum atomic E-state index is 0.521. The Labute approximate surface area is 178 Å². The number of benzene rings is 3. The predicted octanol–water partition coefficient (Wildman–Crippen LogP) is 7.32. The average Bonchev–Trinajstić information content (AvgIpc) is 3.25. The highest BCUT2D eigenvalue weighted by atomic mass is 35.5. The third-order valence-corrected chi connectivity index (χ3v) is 5.29. The Morgan fingerprint density at radius 3 is 2.31 bits per heavy atom. The fourth-order valence-electron chi connectivity index (χ4n) is 2.72. The number of nitriles is 1. The largest absolute Gasteiger partial charge is 0.457 e. The molecule has 0 bridgehead atoms. The molecule has 1 heterocycles. The van der Waals surface area contributed by atoms with Crippen LogP contribution >= 0.6 is 22.9 Å². The van der Waals surface area contributed by atoms with Gasteiger partial charge in [0.05, 0.1) is 11.3 Å². The molecule has 5 heteroatoms. The lowest BCUT2D eigenvalue weighted by molar-refractivity contribution is 0.483. The molecular formula is C24H15ClN2OS. The molecule has 0 aliphatic heterocycles. The Hall–Kier alpha value is -3.39. The Bertz CT molecular complexity index is 1170. The van der Waals surface area contributed by atoms with Gasteiger partial charge in [-0.25, -0.2) is 4.98 Å². The van der Waals surface area contributed by atoms with Crippen molar-refractivity contribution in [2.75, 3.05) is 0 Å². The van der Waals surface area contributed by atoms with Crippen molar-refractivity contribution in [3.8, 4) is 28.8 Å². The quantitative estimate of drug-likeness (QED) is 0.321. The van der Waals surface area contributed by atoms with E-state index in [4.69, 9.17) is 16.3 Å². The van der Waals surface area contributed by atoms with E-state index in [0.29, 0.717) is 15.6 Å². The van der Waals surface area contributed by atoms with Crippen LogP contribution in [0.2, 0.25) is 5.02 Å². The summed E-state index contributed by atoms with van der Waals surface area (Å²) >= 11 is 7.37. The zero-order chi connectivity index (χ0) is 20.1. The second-order valence-electron chi connectivity index (χ2n) is 6.20. The van der Waals surface area contributed by atoms with E-state index in [9.17, 15) is 5.26 Å². The van der Waals surface area contributed by atoms with Crippen LogP contribution in [-0.4, -0.2) is 4.98 Å². The molecule has 0 radical (unpaired) electrons. The van der Waals surface area contributed by atoms with Crippen LogP contribution in [0.4, 0.5) is 0 Å². The molecule has 0 aliphatic rings. The van der Waals surface area contributed by atoms with Crippen LogP contribution in [-0.2, 0) is 0 Å². The number of hydrogen-bond acceptors (Lipinski definition) is 4. The first kappa shape index (κ1) is 18.9. The Morgan fingerprint density at radius 2 is 1.62 bits per heavy atom. The highest BCUT2D eigenvalue weighted by Gasteiger charge is 2.09. The molecule has 3 nitrogen and oxygen atoms in total. The first-order chi connectivity index (χ1) is 14.2. The summed E-state index contributed by atoms with van der Waals surface area (Å²) in [6, 6.07) is 27.0. The summed E-state index contributed by atoms with van der Waals surface area (Å²) in [5.41, 5.74) is 3.22. The molecule has 0 fully saturated rings. The van der Waals surface area contributed by atoms with Gasteiger partial charge in [-0.1, -0.05) is 41.9 Å². The molecule has 0 unspecified atom stereocenters. The van der Waals surface area contributed by atoms with E-state index in [0.717, 1.165) is 28.3 Å². The second kappa shape index (κ2) is 8.74. The van der Waals surface area contributed by atoms with Crippen LogP contribution in [0.3, 0.4) is 0 Å². The second-order valence-corrected chi connectivity index (χ2v) is 7.49. The lowest BCUT2D eigenvalue weighted by Crippen LogP contribution is -1.85. The minimum absolute atomic E-state index is 0.521. The molecule has 0 amide bonds. The minimum Gasteiger partial charge on any atom is -0.457 e. The number of para-hydroxylation sites is 1. The van der Waals surface area contributed by atoms with Gasteiger partial charge < -0.3 is 4.74 Å². The molecule has 0 atom stereocenters. The molecule has 0 aliphatic carbocycles. The van der Waals surface area contributed by atoms with Gasteiger partial charge in [0.15, 0.2) is 0 Å². The third-order valence-electron chi connectivity index (χ3n) is 4.17. The Kier molecular flexibility index (Phi) is 5.71. The van der Waals surface area contributed by atoms with Gasteiger partial charge in [0.1, 0.15) is 22.6 Å². The van der Waals surface area contributed by atoms with Crippen LogP contribution in [0, 0.1) is 11.3 Å². The molecule has 1 aromatic heterocycles. The van der Waals surface area contributed by atoms with Crippen molar-refractivity contribution in [2.24, 2.45) is 0 Å². The third kappa shape index (κ3) is 4.72. The van der Waals surface area contributed by atoms with Gasteiger partial charge in [-0.2, -0.15) is 5.26 Å². The zero-order valence-corrected chi connectivity index (χ0v) is 16.8. The fourth-order valence-corrected chi connectivity index (χ4v) is 3.64. The number of thiazole rings is 1. The van der Waals surface area contributed by atoms with Crippen molar-refractivity contribution < 1.29 is 4.74 Å². The van der Waals surface area contributed by atoms with Crippen molar-refractivity contribution in [3.63, 3.8) is 0 Å². The van der Waals surface area contributed by atoms with Gasteiger partial charge in [0.2, 0.25) is 0 Å². The van der Waals surface area contributed by atoms with Crippen LogP contribution in [0.5, 0.6) is 11.5 Å². The molecule has 0 N–H and O–H groups in total. The van der Waals surface area contributed by atoms with Crippen molar-refractivity contribution in [2.45, 2.75) is 0 Å². The molecule has 29 heavy (non-hydrogen) atoms. The Balaban J connectivity index is 1.53. The number of ether oxygens (including phenoxy) is 1. The van der Waals surface area contributed by atoms with Gasteiger partial charge in [0.25, 0.3) is 0 Å². The van der Waals surface area contributed by atoms with E-state index in [1.54, 1.807) is 12.1 Å². The van der Waals surface area contributed by atoms with Crippen LogP contribution in [0.15, 0.2) is 84.2 Å². The summed E-state index contributed by atoms with van der Waals surface area (Å²) in [6.07, 6.45) is 1.82. The molecule has 0 saturated carbocycles. The summed E-state index contributed by atoms with van der Waals surface area (Å²) in [4.78, 5) is 4.64. The topological polar surface area (TPSA) is 45.9 Å². The van der Waals surface area contributed by atoms with Gasteiger partial charge in [-0.3, -0.25) is 0 Å². The number of allylic oxidation sites excluding steroid dienone is 1. The number of rotatable bonds is 5. The Morgan fingerprint density at radius 1 is 0.931 bits per heavy atom. The predicted molar refractivity (Wildman–Crippen MR) is 119 cm³/mol. The average molecular weight is 415 g/mol. The number of hydrogen-bond donors (Lipinski definition) is 0. The number of nitrogens with zero attached hydrogens (tertiary/aromatic N) is 2. The van der Waals surface area contributed by atoms with Crippen molar-refractivity contribution in [1.82, 2.24) is 4.98 Å². The molecular weight excluding hydrogens is 400 g/mol. The summed E-state index contributed by atoms with van der Waals surface area (Å²) in [5, 5.41) is 12.9. The first-order valence-corrected chi connectivity index (χ1v) is 10.1. The van der Waals surface area contributed by atoms with E-state index in [2.05, 4.69) is 11.1 Å². The lowest BCUT2D eigenvalue weighted by atomic mass is 10.1. The highest BCUT2D eigenvalue weighted by molar-refractivity contribution is 7.11. The first-order valence-electron chi connectivity index (χ1n) is 8.88. The van der Waals surface area contributed by atoms with Crippen LogP contribution in [0.25, 0.3) is 22.9 Å². The van der Waals surface area contributed by atoms with E-state index >= 15 is 0 Å². The monoisotopic (exact) mass is 414 g/mol. The van der Waals surface area contributed by atoms with Crippen molar-refractivity contribution in [1.29, 1.82) is 5.26 Å². The van der Waals surface area contributed by atoms with Crippen molar-refractivity contribution >= 4 is 34.6 Å². The van der Waals surface area contributed by atoms with Crippen LogP contribution in [0.1, 0.15) is 10.6 Å². The fraction of sp³-hybridized carbons (Fsp3) is 0. The van der Waals surface area contributed by atoms with Crippen molar-refractivity contribution in [3.05, 3.63) is 99.8 Å². The summed E-state index contributed by atoms with van der Waals surface area (Å²) in [7, 11) is 0. The molecule has 3 aromatic carbocycles. The maximum atomic E-state index is 9.56. The lowest BCUT2D eigenvalue weighted by Gasteiger charge is -2.05. The smallest absolute Gasteiger partial charge is 0.134 e. The van der Waals surface area contributed by atoms with E-state index in [-0.39, 0.29) is 0 Å². The molecule has 4 rings (SSSR count). The molecule has 4 aromatic rings. The maximum absolute atomic E-state index is 9.56. The van der Waals surface area contributed by atoms with E-state index in [1.807, 2.05) is 78.2 Å². The summed E-state index contributed by atoms with van der Waals surface area (Å²) in [5.74, 6) is 1.55. The summed E-state index contributed by atoms with van der Waals surface area (Å²) < 4.78 is 5.83. The molecule has 0 spiro atoms. The standard InChI is InChI=1S/C24H15ClN2OS/c25-20-10-6-17(7-11-20)14-19(15-26)24-27-23(16-29-24)18-8-12-22(13-9-18)28-21-4-2-1-3-5-21/h1-14,16H/b19-14-. The normalized spacial score (nSPS) is 11.1. The summed E-state index contributed by atoms with van der Waals surface area (Å²) in [6.45, 7) is 0. The SMILES string of the molecule is N#C/C(=C/c1ccc(Cl)cc1)c1nc(-c2ccc(Oc3ccccc3)cc2)cs1.